The zero-order chi connectivity index (χ0) is 17.2. The normalized spacial score (nSPS) is 15.4. The summed E-state index contributed by atoms with van der Waals surface area (Å²) < 4.78 is 7.37. The van der Waals surface area contributed by atoms with E-state index in [1.54, 1.807) is 13.4 Å². The van der Waals surface area contributed by atoms with E-state index in [9.17, 15) is 0 Å². The minimum atomic E-state index is 0.389. The molecule has 0 aliphatic carbocycles. The Kier molecular flexibility index (Phi) is 4.23. The van der Waals surface area contributed by atoms with Crippen LogP contribution in [0.15, 0.2) is 30.7 Å². The van der Waals surface area contributed by atoms with Crippen LogP contribution in [0, 0.1) is 6.92 Å². The largest absolute Gasteiger partial charge is 0.497 e. The van der Waals surface area contributed by atoms with Crippen LogP contribution < -0.4 is 15.4 Å². The Labute approximate surface area is 146 Å². The van der Waals surface area contributed by atoms with Crippen LogP contribution in [0.3, 0.4) is 0 Å². The van der Waals surface area contributed by atoms with E-state index in [0.717, 1.165) is 59.8 Å². The molecule has 0 bridgehead atoms. The monoisotopic (exact) mass is 338 g/mol. The van der Waals surface area contributed by atoms with Gasteiger partial charge in [-0.3, -0.25) is 0 Å². The summed E-state index contributed by atoms with van der Waals surface area (Å²) in [5.41, 5.74) is 2.97. The van der Waals surface area contributed by atoms with Crippen molar-refractivity contribution in [3.63, 3.8) is 0 Å². The van der Waals surface area contributed by atoms with E-state index in [1.807, 2.05) is 29.1 Å². The Balaban J connectivity index is 1.70. The first-order chi connectivity index (χ1) is 12.3. The second-order valence-corrected chi connectivity index (χ2v) is 6.34. The van der Waals surface area contributed by atoms with Crippen molar-refractivity contribution in [3.05, 3.63) is 36.3 Å². The Morgan fingerprint density at radius 3 is 2.88 bits per heavy atom. The first-order valence-electron chi connectivity index (χ1n) is 8.57. The van der Waals surface area contributed by atoms with Gasteiger partial charge in [-0.05, 0) is 44.5 Å². The lowest BCUT2D eigenvalue weighted by Crippen LogP contribution is -2.29. The van der Waals surface area contributed by atoms with Crippen molar-refractivity contribution in [2.45, 2.75) is 25.8 Å². The number of hydrogen-bond donors (Lipinski definition) is 2. The molecule has 7 heteroatoms. The smallest absolute Gasteiger partial charge is 0.163 e. The summed E-state index contributed by atoms with van der Waals surface area (Å²) in [5, 5.41) is 12.3. The zero-order valence-electron chi connectivity index (χ0n) is 14.5. The molecule has 25 heavy (non-hydrogen) atoms. The lowest BCUT2D eigenvalue weighted by Gasteiger charge is -2.23. The number of aryl methyl sites for hydroxylation is 1. The lowest BCUT2D eigenvalue weighted by atomic mass is 10.1. The fourth-order valence-corrected chi connectivity index (χ4v) is 3.27. The third-order valence-electron chi connectivity index (χ3n) is 4.74. The van der Waals surface area contributed by atoms with Gasteiger partial charge in [0.2, 0.25) is 0 Å². The number of nitrogens with one attached hydrogen (secondary N) is 2. The average Bonchev–Trinajstić information content (AvgIpc) is 3.09. The number of anilines is 2. The number of piperidine rings is 1. The Morgan fingerprint density at radius 1 is 1.24 bits per heavy atom. The first-order valence-corrected chi connectivity index (χ1v) is 8.57. The standard InChI is InChI=1S/C18H22N6O/c1-12-3-4-14(25-2)9-16(12)23-17-15-10-22-24(18(15)21-11-20-17)13-5-7-19-8-6-13/h3-4,9-11,13,19H,5-8H2,1-2H3,(H,20,21,23). The van der Waals surface area contributed by atoms with E-state index in [-0.39, 0.29) is 0 Å². The molecule has 3 heterocycles. The van der Waals surface area contributed by atoms with Gasteiger partial charge in [-0.2, -0.15) is 5.10 Å². The fourth-order valence-electron chi connectivity index (χ4n) is 3.27. The molecule has 1 aliphatic heterocycles. The van der Waals surface area contributed by atoms with E-state index in [0.29, 0.717) is 6.04 Å². The van der Waals surface area contributed by atoms with Crippen LogP contribution in [0.1, 0.15) is 24.4 Å². The van der Waals surface area contributed by atoms with Crippen molar-refractivity contribution < 1.29 is 4.74 Å². The number of rotatable bonds is 4. The van der Waals surface area contributed by atoms with E-state index < -0.39 is 0 Å². The Morgan fingerprint density at radius 2 is 2.08 bits per heavy atom. The van der Waals surface area contributed by atoms with Gasteiger partial charge in [0.05, 0.1) is 24.7 Å². The van der Waals surface area contributed by atoms with Crippen molar-refractivity contribution >= 4 is 22.5 Å². The topological polar surface area (TPSA) is 76.9 Å². The number of methoxy groups -OCH3 is 1. The van der Waals surface area contributed by atoms with Gasteiger partial charge in [0, 0.05) is 11.8 Å². The third-order valence-corrected chi connectivity index (χ3v) is 4.74. The van der Waals surface area contributed by atoms with Crippen molar-refractivity contribution in [1.82, 2.24) is 25.1 Å². The molecular weight excluding hydrogens is 316 g/mol. The molecule has 2 N–H and O–H groups in total. The van der Waals surface area contributed by atoms with Crippen LogP contribution in [0.2, 0.25) is 0 Å². The average molecular weight is 338 g/mol. The molecule has 4 rings (SSSR count). The third kappa shape index (κ3) is 3.02. The molecule has 0 spiro atoms. The van der Waals surface area contributed by atoms with Crippen molar-refractivity contribution in [2.75, 3.05) is 25.5 Å². The molecule has 2 aromatic heterocycles. The molecule has 0 amide bonds. The molecule has 0 atom stereocenters. The van der Waals surface area contributed by atoms with E-state index >= 15 is 0 Å². The van der Waals surface area contributed by atoms with Gasteiger partial charge in [0.25, 0.3) is 0 Å². The number of aromatic nitrogens is 4. The van der Waals surface area contributed by atoms with Crippen LogP contribution >= 0.6 is 0 Å². The van der Waals surface area contributed by atoms with E-state index in [4.69, 9.17) is 4.74 Å². The highest BCUT2D eigenvalue weighted by molar-refractivity contribution is 5.88. The summed E-state index contributed by atoms with van der Waals surface area (Å²) >= 11 is 0. The maximum atomic E-state index is 5.32. The highest BCUT2D eigenvalue weighted by Gasteiger charge is 2.20. The van der Waals surface area contributed by atoms with Crippen molar-refractivity contribution in [2.24, 2.45) is 0 Å². The molecular formula is C18H22N6O. The van der Waals surface area contributed by atoms with Gasteiger partial charge in [0.15, 0.2) is 5.65 Å². The molecule has 1 saturated heterocycles. The van der Waals surface area contributed by atoms with Crippen LogP contribution in [0.25, 0.3) is 11.0 Å². The van der Waals surface area contributed by atoms with Gasteiger partial charge in [0.1, 0.15) is 17.9 Å². The highest BCUT2D eigenvalue weighted by atomic mass is 16.5. The number of fused-ring (bicyclic) bond motifs is 1. The Hall–Kier alpha value is -2.67. The quantitative estimate of drug-likeness (QED) is 0.762. The summed E-state index contributed by atoms with van der Waals surface area (Å²) in [6.07, 6.45) is 5.59. The SMILES string of the molecule is COc1ccc(C)c(Nc2ncnc3c2cnn3C2CCNCC2)c1. The zero-order valence-corrected chi connectivity index (χ0v) is 14.5. The summed E-state index contributed by atoms with van der Waals surface area (Å²) in [6.45, 7) is 4.09. The summed E-state index contributed by atoms with van der Waals surface area (Å²) in [7, 11) is 1.67. The minimum Gasteiger partial charge on any atom is -0.497 e. The molecule has 0 radical (unpaired) electrons. The molecule has 1 aliphatic rings. The van der Waals surface area contributed by atoms with Crippen molar-refractivity contribution in [1.29, 1.82) is 0 Å². The number of benzene rings is 1. The summed E-state index contributed by atoms with van der Waals surface area (Å²) in [6, 6.07) is 6.34. The second-order valence-electron chi connectivity index (χ2n) is 6.34. The number of ether oxygens (including phenoxy) is 1. The molecule has 1 fully saturated rings. The van der Waals surface area contributed by atoms with Gasteiger partial charge in [-0.1, -0.05) is 6.07 Å². The van der Waals surface area contributed by atoms with Gasteiger partial charge < -0.3 is 15.4 Å². The maximum Gasteiger partial charge on any atom is 0.163 e. The van der Waals surface area contributed by atoms with Gasteiger partial charge in [-0.15, -0.1) is 0 Å². The molecule has 130 valence electrons. The minimum absolute atomic E-state index is 0.389. The lowest BCUT2D eigenvalue weighted by molar-refractivity contribution is 0.349. The van der Waals surface area contributed by atoms with Gasteiger partial charge >= 0.3 is 0 Å². The number of nitrogens with zero attached hydrogens (tertiary/aromatic N) is 4. The molecule has 0 saturated carbocycles. The number of hydrogen-bond acceptors (Lipinski definition) is 6. The molecule has 0 unspecified atom stereocenters. The van der Waals surface area contributed by atoms with Crippen LogP contribution in [-0.4, -0.2) is 39.9 Å². The maximum absolute atomic E-state index is 5.32. The van der Waals surface area contributed by atoms with Crippen molar-refractivity contribution in [3.8, 4) is 5.75 Å². The Bertz CT molecular complexity index is 884. The van der Waals surface area contributed by atoms with E-state index in [1.165, 1.54) is 0 Å². The summed E-state index contributed by atoms with van der Waals surface area (Å²) in [4.78, 5) is 8.91. The van der Waals surface area contributed by atoms with Crippen LogP contribution in [0.5, 0.6) is 5.75 Å². The molecule has 3 aromatic rings. The second kappa shape index (κ2) is 6.68. The van der Waals surface area contributed by atoms with Crippen LogP contribution in [0.4, 0.5) is 11.5 Å². The highest BCUT2D eigenvalue weighted by Crippen LogP contribution is 2.29. The predicted octanol–water partition coefficient (Wildman–Crippen LogP) is 2.81. The predicted molar refractivity (Wildman–Crippen MR) is 97.5 cm³/mol. The molecule has 7 nitrogen and oxygen atoms in total. The summed E-state index contributed by atoms with van der Waals surface area (Å²) in [5.74, 6) is 1.57. The van der Waals surface area contributed by atoms with Crippen LogP contribution in [-0.2, 0) is 0 Å². The fraction of sp³-hybridized carbons (Fsp3) is 0.389. The van der Waals surface area contributed by atoms with Gasteiger partial charge in [-0.25, -0.2) is 14.6 Å². The molecule has 1 aromatic carbocycles. The first kappa shape index (κ1) is 15.8. The van der Waals surface area contributed by atoms with E-state index in [2.05, 4.69) is 32.6 Å².